The van der Waals surface area contributed by atoms with E-state index in [1.165, 1.54) is 24.3 Å². The van der Waals surface area contributed by atoms with Gasteiger partial charge in [-0.25, -0.2) is 4.79 Å². The number of oxime groups is 1. The number of carbonyl (C=O) groups excluding carboxylic acids is 1. The second kappa shape index (κ2) is 7.31. The van der Waals surface area contributed by atoms with E-state index in [9.17, 15) is 14.9 Å². The number of nitro benzene ring substituents is 1. The first-order valence-electron chi connectivity index (χ1n) is 7.08. The molecule has 0 aliphatic heterocycles. The van der Waals surface area contributed by atoms with E-state index in [0.717, 1.165) is 5.56 Å². The van der Waals surface area contributed by atoms with Crippen LogP contribution in [-0.2, 0) is 4.84 Å². The first-order chi connectivity index (χ1) is 11.0. The number of carbonyl (C=O) groups is 1. The number of benzene rings is 2. The van der Waals surface area contributed by atoms with Crippen LogP contribution in [0.2, 0.25) is 0 Å². The fourth-order valence-electron chi connectivity index (χ4n) is 1.96. The second-order valence-electron chi connectivity index (χ2n) is 5.18. The third-order valence-corrected chi connectivity index (χ3v) is 3.16. The summed E-state index contributed by atoms with van der Waals surface area (Å²) in [5, 5.41) is 14.6. The van der Waals surface area contributed by atoms with E-state index in [2.05, 4.69) is 5.16 Å². The molecule has 0 N–H and O–H groups in total. The van der Waals surface area contributed by atoms with Crippen LogP contribution in [0, 0.1) is 16.0 Å². The van der Waals surface area contributed by atoms with Crippen molar-refractivity contribution in [2.45, 2.75) is 13.8 Å². The lowest BCUT2D eigenvalue weighted by Gasteiger charge is -2.09. The molecule has 2 rings (SSSR count). The molecule has 0 spiro atoms. The molecule has 2 aromatic carbocycles. The summed E-state index contributed by atoms with van der Waals surface area (Å²) >= 11 is 0. The molecule has 0 amide bonds. The van der Waals surface area contributed by atoms with Crippen LogP contribution in [0.3, 0.4) is 0 Å². The average Bonchev–Trinajstić information content (AvgIpc) is 2.55. The Kier molecular flexibility index (Phi) is 5.19. The Balaban J connectivity index is 2.16. The molecule has 2 aromatic rings. The van der Waals surface area contributed by atoms with E-state index in [1.807, 2.05) is 44.2 Å². The van der Waals surface area contributed by atoms with Crippen LogP contribution in [0.1, 0.15) is 29.8 Å². The summed E-state index contributed by atoms with van der Waals surface area (Å²) in [6, 6.07) is 14.6. The first kappa shape index (κ1) is 16.4. The second-order valence-corrected chi connectivity index (χ2v) is 5.18. The topological polar surface area (TPSA) is 81.8 Å². The van der Waals surface area contributed by atoms with Crippen LogP contribution < -0.4 is 0 Å². The van der Waals surface area contributed by atoms with Crippen LogP contribution >= 0.6 is 0 Å². The van der Waals surface area contributed by atoms with Crippen LogP contribution in [0.15, 0.2) is 59.8 Å². The highest BCUT2D eigenvalue weighted by Gasteiger charge is 2.13. The highest BCUT2D eigenvalue weighted by atomic mass is 16.7. The maximum absolute atomic E-state index is 12.0. The van der Waals surface area contributed by atoms with Crippen molar-refractivity contribution < 1.29 is 14.6 Å². The quantitative estimate of drug-likeness (QED) is 0.364. The number of non-ortho nitro benzene ring substituents is 1. The van der Waals surface area contributed by atoms with Gasteiger partial charge in [-0.1, -0.05) is 49.3 Å². The largest absolute Gasteiger partial charge is 0.365 e. The first-order valence-corrected chi connectivity index (χ1v) is 7.08. The molecule has 23 heavy (non-hydrogen) atoms. The Hall–Kier alpha value is -3.02. The molecule has 6 heteroatoms. The van der Waals surface area contributed by atoms with Crippen LogP contribution in [-0.4, -0.2) is 16.6 Å². The van der Waals surface area contributed by atoms with Crippen LogP contribution in [0.25, 0.3) is 0 Å². The molecule has 118 valence electrons. The van der Waals surface area contributed by atoms with E-state index in [0.29, 0.717) is 5.71 Å². The van der Waals surface area contributed by atoms with Gasteiger partial charge in [-0.3, -0.25) is 10.1 Å². The number of nitro groups is 1. The number of hydrogen-bond donors (Lipinski definition) is 0. The number of nitrogens with zero attached hydrogens (tertiary/aromatic N) is 2. The molecule has 0 radical (unpaired) electrons. The Morgan fingerprint density at radius 2 is 1.65 bits per heavy atom. The summed E-state index contributed by atoms with van der Waals surface area (Å²) in [6.45, 7) is 3.90. The Bertz CT molecular complexity index is 722. The highest BCUT2D eigenvalue weighted by molar-refractivity contribution is 6.02. The third kappa shape index (κ3) is 4.23. The smallest absolute Gasteiger partial charge is 0.313 e. The van der Waals surface area contributed by atoms with Crippen molar-refractivity contribution in [2.75, 3.05) is 0 Å². The van der Waals surface area contributed by atoms with E-state index in [1.54, 1.807) is 0 Å². The number of hydrogen-bond acceptors (Lipinski definition) is 5. The zero-order valence-corrected chi connectivity index (χ0v) is 12.8. The Morgan fingerprint density at radius 3 is 2.17 bits per heavy atom. The van der Waals surface area contributed by atoms with Gasteiger partial charge in [0.2, 0.25) is 0 Å². The summed E-state index contributed by atoms with van der Waals surface area (Å²) < 4.78 is 0. The van der Waals surface area contributed by atoms with Crippen LogP contribution in [0.4, 0.5) is 5.69 Å². The molecule has 0 unspecified atom stereocenters. The molecule has 0 heterocycles. The highest BCUT2D eigenvalue weighted by Crippen LogP contribution is 2.14. The maximum Gasteiger partial charge on any atom is 0.365 e. The van der Waals surface area contributed by atoms with Crippen molar-refractivity contribution in [3.05, 3.63) is 75.8 Å². The van der Waals surface area contributed by atoms with Gasteiger partial charge in [-0.05, 0) is 23.6 Å². The summed E-state index contributed by atoms with van der Waals surface area (Å²) in [6.07, 6.45) is 0. The van der Waals surface area contributed by atoms with E-state index in [-0.39, 0.29) is 17.2 Å². The Labute approximate surface area is 133 Å². The molecular weight excluding hydrogens is 296 g/mol. The van der Waals surface area contributed by atoms with Gasteiger partial charge in [0, 0.05) is 12.1 Å². The van der Waals surface area contributed by atoms with E-state index >= 15 is 0 Å². The van der Waals surface area contributed by atoms with Crippen molar-refractivity contribution in [2.24, 2.45) is 11.1 Å². The van der Waals surface area contributed by atoms with E-state index < -0.39 is 10.9 Å². The van der Waals surface area contributed by atoms with Gasteiger partial charge in [0.25, 0.3) is 5.69 Å². The molecule has 0 fully saturated rings. The molecular formula is C17H16N2O4. The van der Waals surface area contributed by atoms with Crippen molar-refractivity contribution >= 4 is 17.4 Å². The van der Waals surface area contributed by atoms with Crippen molar-refractivity contribution in [1.29, 1.82) is 0 Å². The lowest BCUT2D eigenvalue weighted by molar-refractivity contribution is -0.384. The van der Waals surface area contributed by atoms with Crippen LogP contribution in [0.5, 0.6) is 0 Å². The average molecular weight is 312 g/mol. The van der Waals surface area contributed by atoms with Gasteiger partial charge < -0.3 is 4.84 Å². The van der Waals surface area contributed by atoms with Crippen molar-refractivity contribution in [1.82, 2.24) is 0 Å². The van der Waals surface area contributed by atoms with Gasteiger partial charge in [0.15, 0.2) is 0 Å². The zero-order valence-electron chi connectivity index (χ0n) is 12.8. The molecule has 0 aromatic heterocycles. The van der Waals surface area contributed by atoms with Gasteiger partial charge in [-0.2, -0.15) is 0 Å². The van der Waals surface area contributed by atoms with E-state index in [4.69, 9.17) is 4.84 Å². The fraction of sp³-hybridized carbons (Fsp3) is 0.176. The lowest BCUT2D eigenvalue weighted by Crippen LogP contribution is -2.12. The molecule has 0 saturated heterocycles. The maximum atomic E-state index is 12.0. The minimum absolute atomic E-state index is 0.0714. The predicted molar refractivity (Wildman–Crippen MR) is 86.3 cm³/mol. The summed E-state index contributed by atoms with van der Waals surface area (Å²) in [7, 11) is 0. The van der Waals surface area contributed by atoms with Gasteiger partial charge in [0.1, 0.15) is 0 Å². The molecule has 0 atom stereocenters. The minimum atomic E-state index is -0.658. The number of rotatable bonds is 5. The minimum Gasteiger partial charge on any atom is -0.313 e. The molecule has 0 aliphatic rings. The van der Waals surface area contributed by atoms with Gasteiger partial charge >= 0.3 is 5.97 Å². The molecule has 0 bridgehead atoms. The normalized spacial score (nSPS) is 11.3. The summed E-state index contributed by atoms with van der Waals surface area (Å²) in [4.78, 5) is 27.0. The molecule has 0 aliphatic carbocycles. The van der Waals surface area contributed by atoms with Crippen molar-refractivity contribution in [3.8, 4) is 0 Å². The summed E-state index contributed by atoms with van der Waals surface area (Å²) in [5.41, 5.74) is 1.65. The zero-order chi connectivity index (χ0) is 16.8. The fourth-order valence-corrected chi connectivity index (χ4v) is 1.96. The standard InChI is InChI=1S/C17H16N2O4/c1-12(2)16(13-6-4-3-5-7-13)18-23-17(20)14-8-10-15(11-9-14)19(21)22/h3-12H,1-2H3/b18-16+. The predicted octanol–water partition coefficient (Wildman–Crippen LogP) is 3.81. The Morgan fingerprint density at radius 1 is 1.04 bits per heavy atom. The molecule has 0 saturated carbocycles. The van der Waals surface area contributed by atoms with Gasteiger partial charge in [-0.15, -0.1) is 0 Å². The third-order valence-electron chi connectivity index (χ3n) is 3.16. The summed E-state index contributed by atoms with van der Waals surface area (Å²) in [5.74, 6) is -0.587. The molecule has 6 nitrogen and oxygen atoms in total. The monoisotopic (exact) mass is 312 g/mol. The lowest BCUT2D eigenvalue weighted by atomic mass is 10.0. The van der Waals surface area contributed by atoms with Gasteiger partial charge in [0.05, 0.1) is 16.2 Å². The van der Waals surface area contributed by atoms with Crippen molar-refractivity contribution in [3.63, 3.8) is 0 Å². The SMILES string of the molecule is CC(C)/C(=N\OC(=O)c1ccc([N+](=O)[O-])cc1)c1ccccc1.